The molecule has 2 aromatic rings. The molecule has 1 aliphatic heterocycles. The maximum Gasteiger partial charge on any atom is 0.306 e. The molecule has 1 aliphatic rings. The van der Waals surface area contributed by atoms with Crippen LogP contribution >= 0.6 is 11.8 Å². The summed E-state index contributed by atoms with van der Waals surface area (Å²) in [7, 11) is 0. The van der Waals surface area contributed by atoms with Crippen molar-refractivity contribution >= 4 is 40.9 Å². The van der Waals surface area contributed by atoms with Gasteiger partial charge in [0.1, 0.15) is 5.37 Å². The summed E-state index contributed by atoms with van der Waals surface area (Å²) in [6.07, 6.45) is 0.138. The van der Waals surface area contributed by atoms with Gasteiger partial charge in [-0.1, -0.05) is 24.3 Å². The van der Waals surface area contributed by atoms with Crippen LogP contribution in [0.1, 0.15) is 36.3 Å². The third-order valence-electron chi connectivity index (χ3n) is 4.49. The lowest BCUT2D eigenvalue weighted by Gasteiger charge is -2.25. The minimum absolute atomic E-state index is 0.0596. The van der Waals surface area contributed by atoms with Crippen LogP contribution in [0.5, 0.6) is 0 Å². The van der Waals surface area contributed by atoms with E-state index in [9.17, 15) is 14.4 Å². The summed E-state index contributed by atoms with van der Waals surface area (Å²) in [6.45, 7) is 4.05. The van der Waals surface area contributed by atoms with E-state index in [1.165, 1.54) is 0 Å². The zero-order chi connectivity index (χ0) is 20.8. The Labute approximate surface area is 174 Å². The first-order valence-corrected chi connectivity index (χ1v) is 10.6. The van der Waals surface area contributed by atoms with E-state index in [1.807, 2.05) is 60.4 Å². The lowest BCUT2D eigenvalue weighted by molar-refractivity contribution is -0.144. The van der Waals surface area contributed by atoms with Gasteiger partial charge in [-0.25, -0.2) is 0 Å². The molecule has 2 amide bonds. The second-order valence-electron chi connectivity index (χ2n) is 6.74. The van der Waals surface area contributed by atoms with E-state index in [1.54, 1.807) is 18.7 Å². The van der Waals surface area contributed by atoms with Gasteiger partial charge in [-0.05, 0) is 49.2 Å². The molecule has 152 valence electrons. The van der Waals surface area contributed by atoms with Crippen LogP contribution in [0.3, 0.4) is 0 Å². The number of rotatable bonds is 7. The average Bonchev–Trinajstić information content (AvgIpc) is 3.09. The van der Waals surface area contributed by atoms with E-state index < -0.39 is 0 Å². The van der Waals surface area contributed by atoms with Crippen molar-refractivity contribution in [2.75, 3.05) is 22.6 Å². The van der Waals surface area contributed by atoms with Crippen LogP contribution in [0.15, 0.2) is 48.5 Å². The number of benzene rings is 2. The smallest absolute Gasteiger partial charge is 0.306 e. The van der Waals surface area contributed by atoms with Gasteiger partial charge in [0, 0.05) is 17.8 Å². The summed E-state index contributed by atoms with van der Waals surface area (Å²) in [5, 5.41) is 2.68. The van der Waals surface area contributed by atoms with Crippen LogP contribution in [0.25, 0.3) is 0 Å². The number of carbonyl (C=O) groups excluding carboxylic acids is 3. The van der Waals surface area contributed by atoms with Crippen LogP contribution in [-0.2, 0) is 19.1 Å². The molecule has 2 aromatic carbocycles. The molecule has 29 heavy (non-hydrogen) atoms. The highest BCUT2D eigenvalue weighted by Crippen LogP contribution is 2.42. The van der Waals surface area contributed by atoms with Crippen molar-refractivity contribution in [2.24, 2.45) is 0 Å². The minimum Gasteiger partial charge on any atom is -0.466 e. The SMILES string of the molecule is CCOC(=O)CCC(=O)Nc1ccc([C@H]2SCC(=O)N2c2cccc(C)c2)cc1. The van der Waals surface area contributed by atoms with Crippen molar-refractivity contribution in [2.45, 2.75) is 32.1 Å². The van der Waals surface area contributed by atoms with Crippen molar-refractivity contribution in [3.05, 3.63) is 59.7 Å². The first-order valence-electron chi connectivity index (χ1n) is 9.53. The Balaban J connectivity index is 1.65. The van der Waals surface area contributed by atoms with Crippen LogP contribution in [0.4, 0.5) is 11.4 Å². The number of amides is 2. The molecule has 0 aliphatic carbocycles. The van der Waals surface area contributed by atoms with Gasteiger partial charge >= 0.3 is 5.97 Å². The molecular formula is C22H24N2O4S. The highest BCUT2D eigenvalue weighted by Gasteiger charge is 2.34. The van der Waals surface area contributed by atoms with Gasteiger partial charge in [-0.15, -0.1) is 11.8 Å². The third-order valence-corrected chi connectivity index (χ3v) is 5.70. The molecule has 0 spiro atoms. The number of anilines is 2. The number of hydrogen-bond acceptors (Lipinski definition) is 5. The molecule has 1 fully saturated rings. The molecule has 7 heteroatoms. The molecule has 1 N–H and O–H groups in total. The molecule has 1 heterocycles. The molecule has 0 radical (unpaired) electrons. The third kappa shape index (κ3) is 5.38. The van der Waals surface area contributed by atoms with Gasteiger partial charge in [0.05, 0.1) is 18.8 Å². The Kier molecular flexibility index (Phi) is 6.93. The summed E-state index contributed by atoms with van der Waals surface area (Å²) >= 11 is 1.59. The van der Waals surface area contributed by atoms with Crippen LogP contribution < -0.4 is 10.2 Å². The average molecular weight is 413 g/mol. The number of hydrogen-bond donors (Lipinski definition) is 1. The number of aryl methyl sites for hydroxylation is 1. The van der Waals surface area contributed by atoms with Crippen molar-refractivity contribution in [1.82, 2.24) is 0 Å². The van der Waals surface area contributed by atoms with Gasteiger partial charge in [0.2, 0.25) is 11.8 Å². The predicted octanol–water partition coefficient (Wildman–Crippen LogP) is 4.06. The number of carbonyl (C=O) groups is 3. The highest BCUT2D eigenvalue weighted by molar-refractivity contribution is 8.00. The lowest BCUT2D eigenvalue weighted by Crippen LogP contribution is -2.27. The van der Waals surface area contributed by atoms with E-state index in [0.717, 1.165) is 16.8 Å². The first-order chi connectivity index (χ1) is 14.0. The molecule has 6 nitrogen and oxygen atoms in total. The van der Waals surface area contributed by atoms with Crippen molar-refractivity contribution in [1.29, 1.82) is 0 Å². The topological polar surface area (TPSA) is 75.7 Å². The van der Waals surface area contributed by atoms with Crippen molar-refractivity contribution < 1.29 is 19.1 Å². The van der Waals surface area contributed by atoms with Crippen LogP contribution in [-0.4, -0.2) is 30.1 Å². The maximum atomic E-state index is 12.5. The van der Waals surface area contributed by atoms with Crippen LogP contribution in [0.2, 0.25) is 0 Å². The summed E-state index contributed by atoms with van der Waals surface area (Å²) in [6, 6.07) is 15.4. The maximum absolute atomic E-state index is 12.5. The fourth-order valence-corrected chi connectivity index (χ4v) is 4.31. The fourth-order valence-electron chi connectivity index (χ4n) is 3.13. The number of nitrogens with one attached hydrogen (secondary N) is 1. The first kappa shape index (κ1) is 20.9. The molecule has 0 bridgehead atoms. The molecular weight excluding hydrogens is 388 g/mol. The van der Waals surface area contributed by atoms with Gasteiger partial charge in [0.25, 0.3) is 0 Å². The van der Waals surface area contributed by atoms with Crippen molar-refractivity contribution in [3.8, 4) is 0 Å². The molecule has 0 saturated carbocycles. The van der Waals surface area contributed by atoms with Gasteiger partial charge < -0.3 is 10.1 Å². The summed E-state index contributed by atoms with van der Waals surface area (Å²) in [5.74, 6) is -0.0953. The monoisotopic (exact) mass is 412 g/mol. The molecule has 0 aromatic heterocycles. The summed E-state index contributed by atoms with van der Waals surface area (Å²) in [5.41, 5.74) is 3.64. The molecule has 1 saturated heterocycles. The largest absolute Gasteiger partial charge is 0.466 e. The standard InChI is InChI=1S/C22H24N2O4S/c1-3-28-21(27)12-11-19(25)23-17-9-7-16(8-10-17)22-24(20(26)14-29-22)18-6-4-5-15(2)13-18/h4-10,13,22H,3,11-12,14H2,1-2H3,(H,23,25)/t22-/m1/s1. The Morgan fingerprint density at radius 1 is 1.17 bits per heavy atom. The highest BCUT2D eigenvalue weighted by atomic mass is 32.2. The van der Waals surface area contributed by atoms with E-state index >= 15 is 0 Å². The Morgan fingerprint density at radius 3 is 2.62 bits per heavy atom. The fraction of sp³-hybridized carbons (Fsp3) is 0.318. The lowest BCUT2D eigenvalue weighted by atomic mass is 10.1. The quantitative estimate of drug-likeness (QED) is 0.694. The Morgan fingerprint density at radius 2 is 1.93 bits per heavy atom. The van der Waals surface area contributed by atoms with E-state index in [2.05, 4.69) is 5.32 Å². The summed E-state index contributed by atoms with van der Waals surface area (Å²) < 4.78 is 4.82. The zero-order valence-corrected chi connectivity index (χ0v) is 17.3. The molecule has 3 rings (SSSR count). The number of esters is 1. The van der Waals surface area contributed by atoms with Gasteiger partial charge in [-0.2, -0.15) is 0 Å². The Bertz CT molecular complexity index is 898. The van der Waals surface area contributed by atoms with Crippen molar-refractivity contribution in [3.63, 3.8) is 0 Å². The van der Waals surface area contributed by atoms with E-state index in [-0.39, 0.29) is 36.0 Å². The number of thioether (sulfide) groups is 1. The van der Waals surface area contributed by atoms with Crippen LogP contribution in [0, 0.1) is 6.92 Å². The summed E-state index contributed by atoms with van der Waals surface area (Å²) in [4.78, 5) is 37.6. The van der Waals surface area contributed by atoms with E-state index in [0.29, 0.717) is 18.0 Å². The minimum atomic E-state index is -0.378. The second kappa shape index (κ2) is 9.60. The van der Waals surface area contributed by atoms with E-state index in [4.69, 9.17) is 4.74 Å². The Hall–Kier alpha value is -2.80. The normalized spacial score (nSPS) is 16.0. The second-order valence-corrected chi connectivity index (χ2v) is 7.81. The predicted molar refractivity (Wildman–Crippen MR) is 115 cm³/mol. The van der Waals surface area contributed by atoms with Gasteiger partial charge in [0.15, 0.2) is 0 Å². The number of ether oxygens (including phenoxy) is 1. The zero-order valence-electron chi connectivity index (χ0n) is 16.5. The number of nitrogens with zero attached hydrogens (tertiary/aromatic N) is 1. The molecule has 1 atom stereocenters. The van der Waals surface area contributed by atoms with Gasteiger partial charge in [-0.3, -0.25) is 19.3 Å². The molecule has 0 unspecified atom stereocenters.